The third kappa shape index (κ3) is 3.68. The van der Waals surface area contributed by atoms with Crippen molar-refractivity contribution in [2.45, 2.75) is 45.6 Å². The van der Waals surface area contributed by atoms with Crippen LogP contribution in [0.5, 0.6) is 0 Å². The summed E-state index contributed by atoms with van der Waals surface area (Å²) < 4.78 is 3.46. The number of aromatic nitrogens is 5. The fourth-order valence-electron chi connectivity index (χ4n) is 5.42. The van der Waals surface area contributed by atoms with Crippen molar-refractivity contribution in [2.24, 2.45) is 0 Å². The fourth-order valence-corrected chi connectivity index (χ4v) is 5.42. The summed E-state index contributed by atoms with van der Waals surface area (Å²) in [4.78, 5) is 27.3. The van der Waals surface area contributed by atoms with Crippen molar-refractivity contribution >= 4 is 16.9 Å². The molecule has 0 spiro atoms. The maximum atomic E-state index is 13.0. The number of nitrogens with zero attached hydrogens (tertiary/aromatic N) is 7. The molecule has 0 atom stereocenters. The standard InChI is InChI=1S/C25H29N7O/c1-17-15-32-23(18(2)26-17)13-22(28-32)21-14-25(33)31-16-20(5-6-24(31)27-21)30-11-7-19(8-12-30)29-9-3-4-10-29/h5-6,13-16,19H,3-4,7-12H2,1-2H3. The highest BCUT2D eigenvalue weighted by Gasteiger charge is 2.26. The average Bonchev–Trinajstić information content (AvgIpc) is 3.49. The molecule has 2 fully saturated rings. The van der Waals surface area contributed by atoms with Gasteiger partial charge in [-0.25, -0.2) is 9.50 Å². The van der Waals surface area contributed by atoms with Crippen molar-refractivity contribution in [1.29, 1.82) is 0 Å². The lowest BCUT2D eigenvalue weighted by Crippen LogP contribution is -2.44. The van der Waals surface area contributed by atoms with Crippen LogP contribution in [-0.4, -0.2) is 61.1 Å². The Balaban J connectivity index is 1.28. The van der Waals surface area contributed by atoms with Crippen molar-refractivity contribution in [1.82, 2.24) is 28.9 Å². The van der Waals surface area contributed by atoms with Crippen molar-refractivity contribution in [2.75, 3.05) is 31.1 Å². The zero-order valence-corrected chi connectivity index (χ0v) is 19.2. The lowest BCUT2D eigenvalue weighted by atomic mass is 10.0. The molecule has 2 aliphatic heterocycles. The summed E-state index contributed by atoms with van der Waals surface area (Å²) in [7, 11) is 0. The second-order valence-corrected chi connectivity index (χ2v) is 9.38. The summed E-state index contributed by atoms with van der Waals surface area (Å²) in [5, 5.41) is 4.64. The third-order valence-electron chi connectivity index (χ3n) is 7.15. The molecule has 8 heteroatoms. The quantitative estimate of drug-likeness (QED) is 0.485. The number of rotatable bonds is 3. The highest BCUT2D eigenvalue weighted by atomic mass is 16.1. The largest absolute Gasteiger partial charge is 0.370 e. The van der Waals surface area contributed by atoms with E-state index < -0.39 is 0 Å². The van der Waals surface area contributed by atoms with Crippen LogP contribution in [0, 0.1) is 13.8 Å². The van der Waals surface area contributed by atoms with Crippen LogP contribution in [0.2, 0.25) is 0 Å². The predicted molar refractivity (Wildman–Crippen MR) is 129 cm³/mol. The van der Waals surface area contributed by atoms with Crippen LogP contribution in [0.3, 0.4) is 0 Å². The van der Waals surface area contributed by atoms with Gasteiger partial charge in [-0.1, -0.05) is 0 Å². The SMILES string of the molecule is Cc1cn2nc(-c3cc(=O)n4cc(N5CCC(N6CCCC6)CC5)ccc4n3)cc2c(C)n1. The van der Waals surface area contributed by atoms with Crippen LogP contribution in [0.25, 0.3) is 22.6 Å². The molecule has 2 aliphatic rings. The first kappa shape index (κ1) is 20.4. The van der Waals surface area contributed by atoms with Gasteiger partial charge in [-0.15, -0.1) is 0 Å². The Kier molecular flexibility index (Phi) is 4.90. The molecule has 2 saturated heterocycles. The molecule has 33 heavy (non-hydrogen) atoms. The van der Waals surface area contributed by atoms with Crippen molar-refractivity contribution < 1.29 is 0 Å². The molecule has 6 rings (SSSR count). The van der Waals surface area contributed by atoms with E-state index in [9.17, 15) is 4.79 Å². The summed E-state index contributed by atoms with van der Waals surface area (Å²) in [5.41, 5.74) is 5.62. The fraction of sp³-hybridized carbons (Fsp3) is 0.440. The zero-order chi connectivity index (χ0) is 22.5. The molecule has 0 N–H and O–H groups in total. The van der Waals surface area contributed by atoms with Gasteiger partial charge in [0.2, 0.25) is 0 Å². The third-order valence-corrected chi connectivity index (χ3v) is 7.15. The van der Waals surface area contributed by atoms with E-state index in [1.807, 2.05) is 42.9 Å². The maximum absolute atomic E-state index is 13.0. The molecule has 6 heterocycles. The minimum Gasteiger partial charge on any atom is -0.370 e. The summed E-state index contributed by atoms with van der Waals surface area (Å²) in [5.74, 6) is 0. The van der Waals surface area contributed by atoms with Gasteiger partial charge in [0.1, 0.15) is 11.3 Å². The number of anilines is 1. The normalized spacial score (nSPS) is 18.1. The van der Waals surface area contributed by atoms with Crippen LogP contribution in [0.15, 0.2) is 41.5 Å². The van der Waals surface area contributed by atoms with Gasteiger partial charge >= 0.3 is 0 Å². The van der Waals surface area contributed by atoms with E-state index in [-0.39, 0.29) is 5.56 Å². The van der Waals surface area contributed by atoms with Gasteiger partial charge in [0.25, 0.3) is 5.56 Å². The monoisotopic (exact) mass is 443 g/mol. The van der Waals surface area contributed by atoms with Crippen LogP contribution < -0.4 is 10.5 Å². The molecule has 170 valence electrons. The lowest BCUT2D eigenvalue weighted by Gasteiger charge is -2.37. The predicted octanol–water partition coefficient (Wildman–Crippen LogP) is 3.09. The summed E-state index contributed by atoms with van der Waals surface area (Å²) in [6.45, 7) is 8.48. The van der Waals surface area contributed by atoms with Crippen molar-refractivity contribution in [3.63, 3.8) is 0 Å². The molecule has 0 radical (unpaired) electrons. The number of hydrogen-bond acceptors (Lipinski definition) is 6. The molecule has 0 bridgehead atoms. The summed E-state index contributed by atoms with van der Waals surface area (Å²) in [6, 6.07) is 8.26. The van der Waals surface area contributed by atoms with Gasteiger partial charge in [0.15, 0.2) is 0 Å². The first-order valence-corrected chi connectivity index (χ1v) is 11.9. The number of fused-ring (bicyclic) bond motifs is 2. The van der Waals surface area contributed by atoms with Gasteiger partial charge in [-0.3, -0.25) is 14.2 Å². The minimum atomic E-state index is -0.0908. The Morgan fingerprint density at radius 2 is 1.70 bits per heavy atom. The van der Waals surface area contributed by atoms with Gasteiger partial charge in [-0.05, 0) is 70.8 Å². The molecular formula is C25H29N7O. The summed E-state index contributed by atoms with van der Waals surface area (Å²) >= 11 is 0. The molecule has 4 aromatic heterocycles. The number of pyridine rings is 1. The first-order valence-electron chi connectivity index (χ1n) is 11.9. The van der Waals surface area contributed by atoms with Gasteiger partial charge < -0.3 is 9.80 Å². The second-order valence-electron chi connectivity index (χ2n) is 9.38. The maximum Gasteiger partial charge on any atom is 0.258 e. The Morgan fingerprint density at radius 1 is 0.909 bits per heavy atom. The number of aryl methyl sites for hydroxylation is 2. The van der Waals surface area contributed by atoms with Gasteiger partial charge in [-0.2, -0.15) is 5.10 Å². The molecule has 0 unspecified atom stereocenters. The van der Waals surface area contributed by atoms with Gasteiger partial charge in [0.05, 0.1) is 34.5 Å². The van der Waals surface area contributed by atoms with E-state index >= 15 is 0 Å². The smallest absolute Gasteiger partial charge is 0.258 e. The Bertz CT molecular complexity index is 1390. The van der Waals surface area contributed by atoms with E-state index in [4.69, 9.17) is 4.98 Å². The second kappa shape index (κ2) is 7.95. The molecular weight excluding hydrogens is 414 g/mol. The molecule has 4 aromatic rings. The van der Waals surface area contributed by atoms with E-state index in [0.717, 1.165) is 35.7 Å². The lowest BCUT2D eigenvalue weighted by molar-refractivity contribution is 0.208. The zero-order valence-electron chi connectivity index (χ0n) is 19.2. The highest BCUT2D eigenvalue weighted by molar-refractivity contribution is 5.66. The first-order chi connectivity index (χ1) is 16.0. The molecule has 8 nitrogen and oxygen atoms in total. The van der Waals surface area contributed by atoms with Crippen LogP contribution >= 0.6 is 0 Å². The number of likely N-dealkylation sites (tertiary alicyclic amines) is 1. The average molecular weight is 444 g/mol. The molecule has 0 aliphatic carbocycles. The van der Waals surface area contributed by atoms with Gasteiger partial charge in [0, 0.05) is 31.4 Å². The number of hydrogen-bond donors (Lipinski definition) is 0. The van der Waals surface area contributed by atoms with Crippen LogP contribution in [0.1, 0.15) is 37.1 Å². The van der Waals surface area contributed by atoms with Crippen LogP contribution in [-0.2, 0) is 0 Å². The van der Waals surface area contributed by atoms with E-state index in [1.165, 1.54) is 38.8 Å². The van der Waals surface area contributed by atoms with E-state index in [1.54, 1.807) is 10.5 Å². The number of piperidine rings is 1. The van der Waals surface area contributed by atoms with Crippen molar-refractivity contribution in [3.8, 4) is 11.4 Å². The Hall–Kier alpha value is -3.26. The Labute approximate surface area is 192 Å². The molecule has 0 amide bonds. The van der Waals surface area contributed by atoms with Crippen LogP contribution in [0.4, 0.5) is 5.69 Å². The Morgan fingerprint density at radius 3 is 2.48 bits per heavy atom. The minimum absolute atomic E-state index is 0.0908. The van der Waals surface area contributed by atoms with E-state index in [0.29, 0.717) is 23.1 Å². The highest BCUT2D eigenvalue weighted by Crippen LogP contribution is 2.25. The summed E-state index contributed by atoms with van der Waals surface area (Å²) in [6.07, 6.45) is 8.88. The van der Waals surface area contributed by atoms with E-state index in [2.05, 4.69) is 25.9 Å². The topological polar surface area (TPSA) is 71.0 Å². The molecule has 0 saturated carbocycles. The molecule has 0 aromatic carbocycles. The van der Waals surface area contributed by atoms with Crippen molar-refractivity contribution in [3.05, 3.63) is 58.4 Å².